The van der Waals surface area contributed by atoms with Crippen molar-refractivity contribution in [2.45, 2.75) is 18.6 Å². The van der Waals surface area contributed by atoms with Gasteiger partial charge >= 0.3 is 0 Å². The van der Waals surface area contributed by atoms with Crippen molar-refractivity contribution >= 4 is 9.84 Å². The molecule has 0 spiro atoms. The number of methoxy groups -OCH3 is 2. The molecule has 98 valence electrons. The Hall–Kier alpha value is -0.170. The summed E-state index contributed by atoms with van der Waals surface area (Å²) in [6.07, 6.45) is 0.890. The van der Waals surface area contributed by atoms with Gasteiger partial charge in [0.05, 0.1) is 17.6 Å². The highest BCUT2D eigenvalue weighted by Crippen LogP contribution is 2.00. The molecule has 0 saturated carbocycles. The third-order valence-corrected chi connectivity index (χ3v) is 4.45. The van der Waals surface area contributed by atoms with E-state index in [-0.39, 0.29) is 17.6 Å². The van der Waals surface area contributed by atoms with Crippen LogP contribution in [0.5, 0.6) is 0 Å². The maximum absolute atomic E-state index is 11.7. The summed E-state index contributed by atoms with van der Waals surface area (Å²) in [5.41, 5.74) is 0. The first kappa shape index (κ1) is 15.8. The minimum Gasteiger partial charge on any atom is -0.385 e. The van der Waals surface area contributed by atoms with Crippen molar-refractivity contribution in [1.29, 1.82) is 0 Å². The van der Waals surface area contributed by atoms with E-state index in [9.17, 15) is 8.42 Å². The van der Waals surface area contributed by atoms with Crippen LogP contribution < -0.4 is 5.32 Å². The SMILES string of the molecule is COCCCNCC(C)S(=O)(=O)CCOC. The largest absolute Gasteiger partial charge is 0.385 e. The van der Waals surface area contributed by atoms with Crippen LogP contribution in [0.1, 0.15) is 13.3 Å². The van der Waals surface area contributed by atoms with Crippen LogP contribution in [0, 0.1) is 0 Å². The predicted molar refractivity (Wildman–Crippen MR) is 64.5 cm³/mol. The van der Waals surface area contributed by atoms with Gasteiger partial charge in [-0.25, -0.2) is 8.42 Å². The highest BCUT2D eigenvalue weighted by Gasteiger charge is 2.19. The molecule has 0 saturated heterocycles. The first-order valence-corrected chi connectivity index (χ1v) is 7.16. The number of nitrogens with one attached hydrogen (secondary N) is 1. The third kappa shape index (κ3) is 7.16. The second-order valence-electron chi connectivity index (χ2n) is 3.72. The van der Waals surface area contributed by atoms with Gasteiger partial charge < -0.3 is 14.8 Å². The molecule has 0 amide bonds. The molecule has 0 bridgehead atoms. The van der Waals surface area contributed by atoms with E-state index in [1.807, 2.05) is 0 Å². The second-order valence-corrected chi connectivity index (χ2v) is 6.26. The van der Waals surface area contributed by atoms with E-state index in [0.717, 1.165) is 13.0 Å². The molecule has 0 radical (unpaired) electrons. The lowest BCUT2D eigenvalue weighted by Crippen LogP contribution is -2.34. The third-order valence-electron chi connectivity index (χ3n) is 2.32. The molecule has 0 aromatic carbocycles. The van der Waals surface area contributed by atoms with E-state index in [1.165, 1.54) is 7.11 Å². The van der Waals surface area contributed by atoms with Crippen LogP contribution in [-0.2, 0) is 19.3 Å². The molecule has 0 aliphatic heterocycles. The Labute approximate surface area is 98.4 Å². The number of ether oxygens (including phenoxy) is 2. The zero-order valence-corrected chi connectivity index (χ0v) is 11.2. The van der Waals surface area contributed by atoms with Crippen LogP contribution in [0.3, 0.4) is 0 Å². The van der Waals surface area contributed by atoms with E-state index in [2.05, 4.69) is 5.32 Å². The average molecular weight is 253 g/mol. The van der Waals surface area contributed by atoms with E-state index < -0.39 is 9.84 Å². The molecule has 6 heteroatoms. The van der Waals surface area contributed by atoms with Crippen LogP contribution in [0.4, 0.5) is 0 Å². The first-order chi connectivity index (χ1) is 7.54. The van der Waals surface area contributed by atoms with E-state index in [4.69, 9.17) is 9.47 Å². The van der Waals surface area contributed by atoms with Crippen molar-refractivity contribution < 1.29 is 17.9 Å². The molecule has 0 aliphatic rings. The fourth-order valence-corrected chi connectivity index (χ4v) is 2.35. The summed E-state index contributed by atoms with van der Waals surface area (Å²) < 4.78 is 33.0. The summed E-state index contributed by atoms with van der Waals surface area (Å²) >= 11 is 0. The van der Waals surface area contributed by atoms with Gasteiger partial charge in [0.2, 0.25) is 0 Å². The molecule has 0 aromatic rings. The summed E-state index contributed by atoms with van der Waals surface area (Å²) in [5.74, 6) is 0.0877. The molecule has 1 unspecified atom stereocenters. The minimum absolute atomic E-state index is 0.0877. The first-order valence-electron chi connectivity index (χ1n) is 5.44. The maximum Gasteiger partial charge on any atom is 0.156 e. The lowest BCUT2D eigenvalue weighted by molar-refractivity contribution is 0.194. The fraction of sp³-hybridized carbons (Fsp3) is 1.00. The van der Waals surface area contributed by atoms with Crippen LogP contribution in [0.2, 0.25) is 0 Å². The van der Waals surface area contributed by atoms with E-state index >= 15 is 0 Å². The molecule has 5 nitrogen and oxygen atoms in total. The van der Waals surface area contributed by atoms with Gasteiger partial charge in [-0.05, 0) is 19.9 Å². The second kappa shape index (κ2) is 8.92. The topological polar surface area (TPSA) is 64.6 Å². The van der Waals surface area contributed by atoms with Crippen molar-refractivity contribution in [1.82, 2.24) is 5.32 Å². The van der Waals surface area contributed by atoms with Crippen molar-refractivity contribution in [2.75, 3.05) is 46.3 Å². The van der Waals surface area contributed by atoms with Gasteiger partial charge in [0.1, 0.15) is 0 Å². The van der Waals surface area contributed by atoms with Crippen molar-refractivity contribution in [3.8, 4) is 0 Å². The monoisotopic (exact) mass is 253 g/mol. The quantitative estimate of drug-likeness (QED) is 0.558. The molecular formula is C10H23NO4S. The van der Waals surface area contributed by atoms with Crippen LogP contribution >= 0.6 is 0 Å². The van der Waals surface area contributed by atoms with Crippen molar-refractivity contribution in [3.63, 3.8) is 0 Å². The smallest absolute Gasteiger partial charge is 0.156 e. The van der Waals surface area contributed by atoms with Crippen LogP contribution in [-0.4, -0.2) is 59.9 Å². The Morgan fingerprint density at radius 1 is 1.19 bits per heavy atom. The Morgan fingerprint density at radius 3 is 2.38 bits per heavy atom. The zero-order valence-electron chi connectivity index (χ0n) is 10.4. The standard InChI is InChI=1S/C10H23NO4S/c1-10(9-11-5-4-6-14-2)16(12,13)8-7-15-3/h10-11H,4-9H2,1-3H3. The molecule has 0 heterocycles. The zero-order chi connectivity index (χ0) is 12.4. The summed E-state index contributed by atoms with van der Waals surface area (Å²) in [4.78, 5) is 0. The predicted octanol–water partition coefficient (Wildman–Crippen LogP) is 0.0622. The summed E-state index contributed by atoms with van der Waals surface area (Å²) in [6.45, 7) is 3.93. The van der Waals surface area contributed by atoms with Crippen LogP contribution in [0.15, 0.2) is 0 Å². The Kier molecular flexibility index (Phi) is 8.83. The normalized spacial score (nSPS) is 13.9. The number of hydrogen-bond donors (Lipinski definition) is 1. The molecule has 1 N–H and O–H groups in total. The number of rotatable bonds is 10. The number of hydrogen-bond acceptors (Lipinski definition) is 5. The van der Waals surface area contributed by atoms with Gasteiger partial charge in [0, 0.05) is 27.4 Å². The number of sulfone groups is 1. The summed E-state index contributed by atoms with van der Waals surface area (Å²) in [7, 11) is 0.120. The Bertz CT molecular complexity index is 254. The van der Waals surface area contributed by atoms with Gasteiger partial charge in [0.15, 0.2) is 9.84 Å². The van der Waals surface area contributed by atoms with Crippen molar-refractivity contribution in [3.05, 3.63) is 0 Å². The molecule has 0 rings (SSSR count). The van der Waals surface area contributed by atoms with Gasteiger partial charge in [0.25, 0.3) is 0 Å². The molecular weight excluding hydrogens is 230 g/mol. The van der Waals surface area contributed by atoms with Gasteiger partial charge in [-0.3, -0.25) is 0 Å². The van der Waals surface area contributed by atoms with Crippen LogP contribution in [0.25, 0.3) is 0 Å². The average Bonchev–Trinajstić information content (AvgIpc) is 2.26. The van der Waals surface area contributed by atoms with Gasteiger partial charge in [-0.2, -0.15) is 0 Å². The highest BCUT2D eigenvalue weighted by atomic mass is 32.2. The molecule has 0 fully saturated rings. The Morgan fingerprint density at radius 2 is 1.81 bits per heavy atom. The summed E-state index contributed by atoms with van der Waals surface area (Å²) in [6, 6.07) is 0. The lowest BCUT2D eigenvalue weighted by atomic mass is 10.4. The minimum atomic E-state index is -3.03. The van der Waals surface area contributed by atoms with E-state index in [0.29, 0.717) is 13.2 Å². The van der Waals surface area contributed by atoms with E-state index in [1.54, 1.807) is 14.0 Å². The summed E-state index contributed by atoms with van der Waals surface area (Å²) in [5, 5.41) is 2.73. The van der Waals surface area contributed by atoms with Crippen molar-refractivity contribution in [2.24, 2.45) is 0 Å². The maximum atomic E-state index is 11.7. The molecule has 16 heavy (non-hydrogen) atoms. The van der Waals surface area contributed by atoms with Gasteiger partial charge in [-0.15, -0.1) is 0 Å². The van der Waals surface area contributed by atoms with Gasteiger partial charge in [-0.1, -0.05) is 0 Å². The highest BCUT2D eigenvalue weighted by molar-refractivity contribution is 7.92. The lowest BCUT2D eigenvalue weighted by Gasteiger charge is -2.13. The molecule has 0 aliphatic carbocycles. The fourth-order valence-electron chi connectivity index (χ4n) is 1.17. The molecule has 0 aromatic heterocycles. The Balaban J connectivity index is 3.73. The molecule has 1 atom stereocenters.